The van der Waals surface area contributed by atoms with Gasteiger partial charge in [-0.15, -0.1) is 11.6 Å². The second-order valence-corrected chi connectivity index (χ2v) is 3.33. The molecule has 0 saturated heterocycles. The summed E-state index contributed by atoms with van der Waals surface area (Å²) in [6.07, 6.45) is 0.353. The highest BCUT2D eigenvalue weighted by molar-refractivity contribution is 6.18. The molecule has 0 aliphatic carbocycles. The van der Waals surface area contributed by atoms with E-state index in [4.69, 9.17) is 16.3 Å². The van der Waals surface area contributed by atoms with Crippen LogP contribution in [0.15, 0.2) is 30.3 Å². The van der Waals surface area contributed by atoms with Crippen LogP contribution in [0.1, 0.15) is 6.42 Å². The van der Waals surface area contributed by atoms with E-state index in [1.54, 1.807) is 0 Å². The summed E-state index contributed by atoms with van der Waals surface area (Å²) in [5.41, 5.74) is 0. The Morgan fingerprint density at radius 2 is 2.07 bits per heavy atom. The van der Waals surface area contributed by atoms with E-state index < -0.39 is 0 Å². The van der Waals surface area contributed by atoms with Crippen LogP contribution in [0.25, 0.3) is 0 Å². The third-order valence-electron chi connectivity index (χ3n) is 1.76. The van der Waals surface area contributed by atoms with Gasteiger partial charge in [0.2, 0.25) is 5.91 Å². The fourth-order valence-electron chi connectivity index (χ4n) is 1.05. The van der Waals surface area contributed by atoms with Crippen LogP contribution in [-0.2, 0) is 4.79 Å². The fourth-order valence-corrected chi connectivity index (χ4v) is 1.15. The summed E-state index contributed by atoms with van der Waals surface area (Å²) in [4.78, 5) is 11.1. The Morgan fingerprint density at radius 3 is 2.73 bits per heavy atom. The van der Waals surface area contributed by atoms with Crippen molar-refractivity contribution in [2.75, 3.05) is 19.0 Å². The molecule has 1 rings (SSSR count). The zero-order valence-corrected chi connectivity index (χ0v) is 9.17. The summed E-state index contributed by atoms with van der Waals surface area (Å²) < 4.78 is 5.36. The molecule has 1 amide bonds. The average molecular weight is 228 g/mol. The predicted octanol–water partition coefficient (Wildman–Crippen LogP) is 1.81. The average Bonchev–Trinajstić information content (AvgIpc) is 2.28. The highest BCUT2D eigenvalue weighted by Gasteiger charge is 2.00. The van der Waals surface area contributed by atoms with E-state index in [1.165, 1.54) is 0 Å². The van der Waals surface area contributed by atoms with Crippen LogP contribution in [0, 0.1) is 0 Å². The molecule has 4 heteroatoms. The van der Waals surface area contributed by atoms with Crippen LogP contribution < -0.4 is 10.1 Å². The van der Waals surface area contributed by atoms with Crippen LogP contribution in [0.4, 0.5) is 0 Å². The molecule has 3 nitrogen and oxygen atoms in total. The van der Waals surface area contributed by atoms with Gasteiger partial charge in [0.15, 0.2) is 0 Å². The topological polar surface area (TPSA) is 38.3 Å². The first-order valence-corrected chi connectivity index (χ1v) is 5.37. The number of alkyl halides is 1. The van der Waals surface area contributed by atoms with Crippen molar-refractivity contribution in [1.29, 1.82) is 0 Å². The van der Waals surface area contributed by atoms with Crippen LogP contribution in [0.3, 0.4) is 0 Å². The van der Waals surface area contributed by atoms with Crippen LogP contribution in [0.5, 0.6) is 5.75 Å². The summed E-state index contributed by atoms with van der Waals surface area (Å²) >= 11 is 5.43. The number of nitrogens with one attached hydrogen (secondary N) is 1. The Kier molecular flexibility index (Phi) is 5.63. The normalized spacial score (nSPS) is 9.67. The van der Waals surface area contributed by atoms with E-state index in [0.29, 0.717) is 25.5 Å². The Bertz CT molecular complexity index is 290. The molecule has 0 aliphatic rings. The minimum absolute atomic E-state index is 0.0356. The van der Waals surface area contributed by atoms with Gasteiger partial charge in [-0.3, -0.25) is 4.79 Å². The maximum absolute atomic E-state index is 11.1. The molecule has 0 saturated carbocycles. The lowest BCUT2D eigenvalue weighted by molar-refractivity contribution is -0.121. The van der Waals surface area contributed by atoms with E-state index in [0.717, 1.165) is 5.75 Å². The van der Waals surface area contributed by atoms with Crippen molar-refractivity contribution in [3.8, 4) is 5.75 Å². The van der Waals surface area contributed by atoms with Gasteiger partial charge in [-0.2, -0.15) is 0 Å². The van der Waals surface area contributed by atoms with Crippen LogP contribution in [0.2, 0.25) is 0 Å². The number of benzene rings is 1. The van der Waals surface area contributed by atoms with Crippen molar-refractivity contribution >= 4 is 17.5 Å². The summed E-state index contributed by atoms with van der Waals surface area (Å²) in [6, 6.07) is 9.42. The smallest absolute Gasteiger partial charge is 0.223 e. The van der Waals surface area contributed by atoms with Crippen molar-refractivity contribution in [3.63, 3.8) is 0 Å². The Morgan fingerprint density at radius 1 is 1.33 bits per heavy atom. The molecule has 0 unspecified atom stereocenters. The molecule has 0 aromatic heterocycles. The quantitative estimate of drug-likeness (QED) is 0.753. The summed E-state index contributed by atoms with van der Waals surface area (Å²) in [7, 11) is 0. The Labute approximate surface area is 94.4 Å². The summed E-state index contributed by atoms with van der Waals surface area (Å²) in [6.45, 7) is 0.893. The lowest BCUT2D eigenvalue weighted by Gasteiger charge is -2.05. The third kappa shape index (κ3) is 5.27. The summed E-state index contributed by atoms with van der Waals surface area (Å²) in [5.74, 6) is 1.18. The van der Waals surface area contributed by atoms with Gasteiger partial charge in [0.05, 0.1) is 13.0 Å². The number of para-hydroxylation sites is 1. The van der Waals surface area contributed by atoms with E-state index >= 15 is 0 Å². The molecule has 0 radical (unpaired) electrons. The van der Waals surface area contributed by atoms with Crippen molar-refractivity contribution < 1.29 is 9.53 Å². The van der Waals surface area contributed by atoms with Gasteiger partial charge >= 0.3 is 0 Å². The van der Waals surface area contributed by atoms with Crippen LogP contribution in [-0.4, -0.2) is 24.9 Å². The van der Waals surface area contributed by atoms with Gasteiger partial charge in [0.25, 0.3) is 0 Å². The van der Waals surface area contributed by atoms with E-state index in [2.05, 4.69) is 5.32 Å². The summed E-state index contributed by atoms with van der Waals surface area (Å²) in [5, 5.41) is 2.67. The van der Waals surface area contributed by atoms with Gasteiger partial charge in [0.1, 0.15) is 5.75 Å². The van der Waals surface area contributed by atoms with Gasteiger partial charge in [-0.05, 0) is 12.1 Å². The number of halogens is 1. The molecule has 15 heavy (non-hydrogen) atoms. The first-order valence-electron chi connectivity index (χ1n) is 4.83. The van der Waals surface area contributed by atoms with Gasteiger partial charge in [-0.25, -0.2) is 0 Å². The van der Waals surface area contributed by atoms with E-state index in [9.17, 15) is 4.79 Å². The van der Waals surface area contributed by atoms with Gasteiger partial charge < -0.3 is 10.1 Å². The second kappa shape index (κ2) is 7.12. The number of amides is 1. The highest BCUT2D eigenvalue weighted by Crippen LogP contribution is 2.08. The third-order valence-corrected chi connectivity index (χ3v) is 1.95. The Hall–Kier alpha value is -1.22. The van der Waals surface area contributed by atoms with E-state index in [1.807, 2.05) is 30.3 Å². The molecule has 82 valence electrons. The lowest BCUT2D eigenvalue weighted by atomic mass is 10.3. The SMILES string of the molecule is O=C(CCOc1ccccc1)NCCCl. The van der Waals surface area contributed by atoms with Gasteiger partial charge in [-0.1, -0.05) is 18.2 Å². The number of hydrogen-bond acceptors (Lipinski definition) is 2. The Balaban J connectivity index is 2.14. The first-order chi connectivity index (χ1) is 7.33. The molecule has 0 bridgehead atoms. The number of ether oxygens (including phenoxy) is 1. The molecule has 0 atom stereocenters. The molecule has 0 spiro atoms. The molecule has 0 heterocycles. The number of carbonyl (C=O) groups excluding carboxylic acids is 1. The van der Waals surface area contributed by atoms with Crippen molar-refractivity contribution in [3.05, 3.63) is 30.3 Å². The zero-order valence-electron chi connectivity index (χ0n) is 8.41. The predicted molar refractivity (Wildman–Crippen MR) is 60.3 cm³/mol. The molecule has 0 fully saturated rings. The molecule has 1 aromatic carbocycles. The number of carbonyl (C=O) groups is 1. The minimum atomic E-state index is -0.0356. The standard InChI is InChI=1S/C11H14ClNO2/c12-7-8-13-11(14)6-9-15-10-4-2-1-3-5-10/h1-5H,6-9H2,(H,13,14). The fraction of sp³-hybridized carbons (Fsp3) is 0.364. The van der Waals surface area contributed by atoms with E-state index in [-0.39, 0.29) is 5.91 Å². The van der Waals surface area contributed by atoms with Crippen molar-refractivity contribution in [1.82, 2.24) is 5.32 Å². The number of rotatable bonds is 6. The van der Waals surface area contributed by atoms with Crippen molar-refractivity contribution in [2.24, 2.45) is 0 Å². The van der Waals surface area contributed by atoms with Gasteiger partial charge in [0, 0.05) is 12.4 Å². The maximum atomic E-state index is 11.1. The highest BCUT2D eigenvalue weighted by atomic mass is 35.5. The second-order valence-electron chi connectivity index (χ2n) is 2.95. The minimum Gasteiger partial charge on any atom is -0.493 e. The monoisotopic (exact) mass is 227 g/mol. The molecular formula is C11H14ClNO2. The first kappa shape index (κ1) is 11.9. The maximum Gasteiger partial charge on any atom is 0.223 e. The molecule has 1 N–H and O–H groups in total. The number of hydrogen-bond donors (Lipinski definition) is 1. The molecule has 0 aliphatic heterocycles. The lowest BCUT2D eigenvalue weighted by Crippen LogP contribution is -2.26. The molecular weight excluding hydrogens is 214 g/mol. The van der Waals surface area contributed by atoms with Crippen LogP contribution >= 0.6 is 11.6 Å². The zero-order chi connectivity index (χ0) is 10.9. The largest absolute Gasteiger partial charge is 0.493 e. The molecule has 1 aromatic rings. The van der Waals surface area contributed by atoms with Crippen molar-refractivity contribution in [2.45, 2.75) is 6.42 Å².